The lowest BCUT2D eigenvalue weighted by atomic mass is 10.1. The van der Waals surface area contributed by atoms with Gasteiger partial charge >= 0.3 is 15.2 Å². The Morgan fingerprint density at radius 2 is 1.22 bits per heavy atom. The third-order valence-electron chi connectivity index (χ3n) is 4.46. The van der Waals surface area contributed by atoms with E-state index in [-0.39, 0.29) is 6.42 Å². The van der Waals surface area contributed by atoms with Gasteiger partial charge < -0.3 is 25.3 Å². The minimum atomic E-state index is -5.10. The Balaban J connectivity index is 2.07. The molecule has 0 spiro atoms. The van der Waals surface area contributed by atoms with Crippen molar-refractivity contribution >= 4 is 27.0 Å². The Hall–Kier alpha value is -0.170. The molecule has 0 saturated carbocycles. The Morgan fingerprint density at radius 1 is 0.778 bits per heavy atom. The molecule has 7 nitrogen and oxygen atoms in total. The zero-order valence-corrected chi connectivity index (χ0v) is 18.0. The second-order valence-electron chi connectivity index (χ2n) is 6.71. The van der Waals surface area contributed by atoms with Gasteiger partial charge in [0.1, 0.15) is 0 Å². The average Bonchev–Trinajstić information content (AvgIpc) is 2.58. The highest BCUT2D eigenvalue weighted by molar-refractivity contribution is 7.99. The molecule has 0 bridgehead atoms. The van der Waals surface area contributed by atoms with Crippen molar-refractivity contribution in [2.24, 2.45) is 5.73 Å². The number of hydrogen-bond acceptors (Lipinski definition) is 4. The molecule has 1 aromatic carbocycles. The molecule has 0 amide bonds. The molecule has 0 atom stereocenters. The highest BCUT2D eigenvalue weighted by atomic mass is 32.2. The predicted molar refractivity (Wildman–Crippen MR) is 110 cm³/mol. The van der Waals surface area contributed by atoms with Crippen LogP contribution in [0.4, 0.5) is 0 Å². The fourth-order valence-electron chi connectivity index (χ4n) is 2.72. The first-order chi connectivity index (χ1) is 12.6. The molecule has 0 aromatic heterocycles. The molecule has 156 valence electrons. The zero-order chi connectivity index (χ0) is 20.4. The van der Waals surface area contributed by atoms with Gasteiger partial charge in [0.25, 0.3) is 0 Å². The molecule has 0 radical (unpaired) electrons. The summed E-state index contributed by atoms with van der Waals surface area (Å²) in [4.78, 5) is 38.0. The van der Waals surface area contributed by atoms with Crippen LogP contribution >= 0.6 is 27.0 Å². The average molecular weight is 439 g/mol. The van der Waals surface area contributed by atoms with Gasteiger partial charge in [-0.25, -0.2) is 0 Å². The van der Waals surface area contributed by atoms with Gasteiger partial charge in [-0.2, -0.15) is 0 Å². The molecule has 0 aliphatic heterocycles. The van der Waals surface area contributed by atoms with Gasteiger partial charge in [0.05, 0.1) is 0 Å². The van der Waals surface area contributed by atoms with E-state index in [0.29, 0.717) is 6.42 Å². The number of thioether (sulfide) groups is 1. The highest BCUT2D eigenvalue weighted by Gasteiger charge is 2.56. The molecule has 0 heterocycles. The van der Waals surface area contributed by atoms with E-state index in [0.717, 1.165) is 31.4 Å². The second kappa shape index (κ2) is 11.7. The molecular formula is C17H31NO6P2S. The summed E-state index contributed by atoms with van der Waals surface area (Å²) in [6.07, 6.45) is 6.94. The molecular weight excluding hydrogens is 408 g/mol. The highest BCUT2D eigenvalue weighted by Crippen LogP contribution is 2.67. The summed E-state index contributed by atoms with van der Waals surface area (Å²) in [6, 6.07) is 10.3. The van der Waals surface area contributed by atoms with E-state index >= 15 is 0 Å². The molecule has 0 aliphatic rings. The number of rotatable bonds is 14. The quantitative estimate of drug-likeness (QED) is 0.164. The van der Waals surface area contributed by atoms with E-state index in [1.807, 2.05) is 30.0 Å². The third kappa shape index (κ3) is 8.80. The fraction of sp³-hybridized carbons (Fsp3) is 0.647. The third-order valence-corrected chi connectivity index (χ3v) is 9.59. The van der Waals surface area contributed by atoms with Crippen molar-refractivity contribution in [3.8, 4) is 0 Å². The first-order valence-corrected chi connectivity index (χ1v) is 13.4. The van der Waals surface area contributed by atoms with Gasteiger partial charge in [-0.05, 0) is 30.7 Å². The van der Waals surface area contributed by atoms with Crippen LogP contribution in [-0.2, 0) is 9.13 Å². The summed E-state index contributed by atoms with van der Waals surface area (Å²) in [5.41, 5.74) is 5.37. The summed E-state index contributed by atoms with van der Waals surface area (Å²) in [5, 5.41) is -2.77. The van der Waals surface area contributed by atoms with E-state index in [1.165, 1.54) is 17.7 Å². The van der Waals surface area contributed by atoms with E-state index in [4.69, 9.17) is 5.73 Å². The maximum Gasteiger partial charge on any atom is 0.357 e. The van der Waals surface area contributed by atoms with E-state index in [1.54, 1.807) is 0 Å². The molecule has 1 rings (SSSR count). The molecule has 0 unspecified atom stereocenters. The molecule has 0 aliphatic carbocycles. The molecule has 0 saturated heterocycles. The van der Waals surface area contributed by atoms with Gasteiger partial charge in [-0.3, -0.25) is 9.13 Å². The van der Waals surface area contributed by atoms with Crippen LogP contribution in [0, 0.1) is 0 Å². The van der Waals surface area contributed by atoms with Crippen LogP contribution in [0.15, 0.2) is 35.2 Å². The van der Waals surface area contributed by atoms with Crippen LogP contribution in [0.3, 0.4) is 0 Å². The topological polar surface area (TPSA) is 141 Å². The van der Waals surface area contributed by atoms with Crippen molar-refractivity contribution in [1.82, 2.24) is 0 Å². The number of hydrogen-bond donors (Lipinski definition) is 5. The summed E-state index contributed by atoms with van der Waals surface area (Å²) in [7, 11) is -10.2. The lowest BCUT2D eigenvalue weighted by molar-refractivity contribution is 0.300. The van der Waals surface area contributed by atoms with Gasteiger partial charge in [-0.15, -0.1) is 11.8 Å². The van der Waals surface area contributed by atoms with Crippen molar-refractivity contribution in [3.63, 3.8) is 0 Å². The van der Waals surface area contributed by atoms with Crippen molar-refractivity contribution in [2.45, 2.75) is 67.7 Å². The number of benzene rings is 1. The summed E-state index contributed by atoms with van der Waals surface area (Å²) >= 11 is 1.86. The SMILES string of the molecule is NC(CCCCCCCCCCSc1ccccc1)(P(=O)(O)O)P(=O)(O)O. The monoisotopic (exact) mass is 439 g/mol. The van der Waals surface area contributed by atoms with Gasteiger partial charge in [0.15, 0.2) is 0 Å². The zero-order valence-electron chi connectivity index (χ0n) is 15.4. The maximum absolute atomic E-state index is 11.4. The Labute approximate surface area is 165 Å². The molecule has 6 N–H and O–H groups in total. The standard InChI is InChI=1S/C17H31NO6P2S/c18-17(25(19,20)21,26(22,23)24)14-10-5-3-1-2-4-6-11-15-27-16-12-8-7-9-13-16/h7-9,12-13H,1-6,10-11,14-15,18H2,(H2,19,20,21)(H2,22,23,24). The Morgan fingerprint density at radius 3 is 1.70 bits per heavy atom. The molecule has 27 heavy (non-hydrogen) atoms. The maximum atomic E-state index is 11.4. The van der Waals surface area contributed by atoms with Crippen LogP contribution < -0.4 is 5.73 Å². The van der Waals surface area contributed by atoms with Crippen LogP contribution in [0.1, 0.15) is 57.8 Å². The van der Waals surface area contributed by atoms with Crippen molar-refractivity contribution in [2.75, 3.05) is 5.75 Å². The predicted octanol–water partition coefficient (Wildman–Crippen LogP) is 4.26. The first kappa shape index (κ1) is 24.9. The van der Waals surface area contributed by atoms with Gasteiger partial charge in [0, 0.05) is 4.90 Å². The normalized spacial score (nSPS) is 13.1. The van der Waals surface area contributed by atoms with Crippen molar-refractivity contribution in [1.29, 1.82) is 0 Å². The van der Waals surface area contributed by atoms with E-state index < -0.39 is 26.6 Å². The molecule has 0 fully saturated rings. The van der Waals surface area contributed by atoms with E-state index in [2.05, 4.69) is 12.1 Å². The molecule has 10 heteroatoms. The lowest BCUT2D eigenvalue weighted by Gasteiger charge is -2.30. The summed E-state index contributed by atoms with van der Waals surface area (Å²) in [6.45, 7) is 0. The second-order valence-corrected chi connectivity index (χ2v) is 12.0. The Kier molecular flexibility index (Phi) is 10.8. The van der Waals surface area contributed by atoms with Crippen LogP contribution in [0.25, 0.3) is 0 Å². The van der Waals surface area contributed by atoms with Crippen LogP contribution in [0.2, 0.25) is 0 Å². The minimum absolute atomic E-state index is 0.278. The summed E-state index contributed by atoms with van der Waals surface area (Å²) < 4.78 is 22.7. The van der Waals surface area contributed by atoms with Crippen molar-refractivity contribution in [3.05, 3.63) is 30.3 Å². The van der Waals surface area contributed by atoms with Crippen molar-refractivity contribution < 1.29 is 28.7 Å². The fourth-order valence-corrected chi connectivity index (χ4v) is 5.91. The number of unbranched alkanes of at least 4 members (excludes halogenated alkanes) is 7. The lowest BCUT2D eigenvalue weighted by Crippen LogP contribution is -2.39. The smallest absolute Gasteiger partial charge is 0.323 e. The van der Waals surface area contributed by atoms with Crippen LogP contribution in [0.5, 0.6) is 0 Å². The van der Waals surface area contributed by atoms with Gasteiger partial charge in [0.2, 0.25) is 5.02 Å². The Bertz CT molecular complexity index is 612. The van der Waals surface area contributed by atoms with Crippen LogP contribution in [-0.4, -0.2) is 30.3 Å². The largest absolute Gasteiger partial charge is 0.357 e. The van der Waals surface area contributed by atoms with E-state index in [9.17, 15) is 28.7 Å². The first-order valence-electron chi connectivity index (χ1n) is 9.16. The molecule has 1 aromatic rings. The summed E-state index contributed by atoms with van der Waals surface area (Å²) in [5.74, 6) is 1.10. The number of nitrogens with two attached hydrogens (primary N) is 1. The van der Waals surface area contributed by atoms with Gasteiger partial charge in [-0.1, -0.05) is 63.1 Å². The minimum Gasteiger partial charge on any atom is -0.323 e.